The zero-order valence-electron chi connectivity index (χ0n) is 9.07. The Morgan fingerprint density at radius 3 is 2.25 bits per heavy atom. The van der Waals surface area contributed by atoms with Gasteiger partial charge in [0.25, 0.3) is 0 Å². The summed E-state index contributed by atoms with van der Waals surface area (Å²) in [6.07, 6.45) is -1.67. The van der Waals surface area contributed by atoms with E-state index < -0.39 is 31.6 Å². The number of hydrogen-bond acceptors (Lipinski definition) is 0. The first-order valence-corrected chi connectivity index (χ1v) is 9.41. The zero-order chi connectivity index (χ0) is 11.8. The van der Waals surface area contributed by atoms with Gasteiger partial charge in [-0.2, -0.15) is 0 Å². The van der Waals surface area contributed by atoms with Crippen LogP contribution in [-0.4, -0.2) is 8.86 Å². The van der Waals surface area contributed by atoms with E-state index in [9.17, 15) is 13.2 Å². The Morgan fingerprint density at radius 2 is 1.75 bits per heavy atom. The van der Waals surface area contributed by atoms with Crippen LogP contribution in [0.3, 0.4) is 0 Å². The molecule has 1 aromatic rings. The Morgan fingerprint density at radius 1 is 1.12 bits per heavy atom. The summed E-state index contributed by atoms with van der Waals surface area (Å²) in [6.45, 7) is 1.82. The van der Waals surface area contributed by atoms with Crippen LogP contribution in [0.4, 0.5) is 13.2 Å². The fourth-order valence-corrected chi connectivity index (χ4v) is 8.60. The monoisotopic (exact) mass is 342 g/mol. The van der Waals surface area contributed by atoms with Gasteiger partial charge in [-0.25, -0.2) is 0 Å². The Balaban J connectivity index is 2.29. The van der Waals surface area contributed by atoms with Gasteiger partial charge in [-0.05, 0) is 0 Å². The third kappa shape index (κ3) is 2.52. The van der Waals surface area contributed by atoms with E-state index in [0.29, 0.717) is 0 Å². The van der Waals surface area contributed by atoms with Crippen molar-refractivity contribution in [3.05, 3.63) is 32.9 Å². The SMILES string of the molecule is Cc1cc(C(F)(F)F)ccc1I1CCCC1. The molecule has 1 aliphatic heterocycles. The van der Waals surface area contributed by atoms with Crippen LogP contribution in [0.25, 0.3) is 0 Å². The minimum atomic E-state index is -4.21. The Kier molecular flexibility index (Phi) is 3.47. The molecule has 16 heavy (non-hydrogen) atoms. The van der Waals surface area contributed by atoms with Crippen LogP contribution in [0, 0.1) is 10.5 Å². The molecule has 0 radical (unpaired) electrons. The van der Waals surface area contributed by atoms with Crippen LogP contribution in [0.15, 0.2) is 18.2 Å². The van der Waals surface area contributed by atoms with E-state index >= 15 is 0 Å². The summed E-state index contributed by atoms with van der Waals surface area (Å²) in [5.41, 5.74) is 0.339. The van der Waals surface area contributed by atoms with Crippen molar-refractivity contribution in [2.45, 2.75) is 25.9 Å². The van der Waals surface area contributed by atoms with Crippen molar-refractivity contribution in [2.75, 3.05) is 8.86 Å². The quantitative estimate of drug-likeness (QED) is 0.521. The van der Waals surface area contributed by atoms with Crippen LogP contribution in [0.5, 0.6) is 0 Å². The summed E-state index contributed by atoms with van der Waals surface area (Å²) < 4.78 is 41.3. The topological polar surface area (TPSA) is 0 Å². The third-order valence-corrected chi connectivity index (χ3v) is 9.73. The van der Waals surface area contributed by atoms with Crippen molar-refractivity contribution >= 4 is 19.8 Å². The number of rotatable bonds is 1. The van der Waals surface area contributed by atoms with E-state index in [1.165, 1.54) is 37.4 Å². The van der Waals surface area contributed by atoms with Gasteiger partial charge < -0.3 is 0 Å². The second kappa shape index (κ2) is 4.55. The summed E-state index contributed by atoms with van der Waals surface area (Å²) in [4.78, 5) is 0. The Labute approximate surface area is 101 Å². The van der Waals surface area contributed by atoms with Crippen molar-refractivity contribution in [1.29, 1.82) is 0 Å². The maximum atomic E-state index is 12.5. The van der Waals surface area contributed by atoms with Gasteiger partial charge in [-0.15, -0.1) is 0 Å². The number of benzene rings is 1. The number of hydrogen-bond donors (Lipinski definition) is 0. The van der Waals surface area contributed by atoms with Gasteiger partial charge in [-0.3, -0.25) is 0 Å². The molecule has 0 aliphatic carbocycles. The second-order valence-corrected chi connectivity index (χ2v) is 9.93. The Hall–Kier alpha value is -0.260. The van der Waals surface area contributed by atoms with Crippen LogP contribution < -0.4 is 0 Å². The molecule has 0 bridgehead atoms. The van der Waals surface area contributed by atoms with E-state index in [1.54, 1.807) is 6.07 Å². The van der Waals surface area contributed by atoms with E-state index in [2.05, 4.69) is 0 Å². The summed E-state index contributed by atoms with van der Waals surface area (Å²) in [5.74, 6) is 0. The van der Waals surface area contributed by atoms with Crippen molar-refractivity contribution in [1.82, 2.24) is 0 Å². The van der Waals surface area contributed by atoms with E-state index in [0.717, 1.165) is 5.56 Å². The fraction of sp³-hybridized carbons (Fsp3) is 0.500. The minimum absolute atomic E-state index is 0.510. The van der Waals surface area contributed by atoms with Gasteiger partial charge in [-0.1, -0.05) is 0 Å². The standard InChI is InChI=1S/C12H14F3I/c1-9-8-10(12(13,14)15)4-5-11(9)16-6-2-3-7-16/h4-5,8H,2-3,6-7H2,1H3. The van der Waals surface area contributed by atoms with E-state index in [1.807, 2.05) is 6.92 Å². The molecule has 0 nitrogen and oxygen atoms in total. The summed E-state index contributed by atoms with van der Waals surface area (Å²) >= 11 is -1.10. The molecular weight excluding hydrogens is 328 g/mol. The molecule has 0 unspecified atom stereocenters. The number of alkyl halides is 5. The van der Waals surface area contributed by atoms with Crippen LogP contribution in [0.2, 0.25) is 0 Å². The molecule has 90 valence electrons. The fourth-order valence-electron chi connectivity index (χ4n) is 1.93. The molecule has 0 spiro atoms. The molecule has 1 fully saturated rings. The number of aryl methyl sites for hydroxylation is 1. The van der Waals surface area contributed by atoms with E-state index in [4.69, 9.17) is 0 Å². The van der Waals surface area contributed by atoms with Crippen molar-refractivity contribution in [3.8, 4) is 0 Å². The summed E-state index contributed by atoms with van der Waals surface area (Å²) in [6, 6.07) is 4.29. The molecule has 1 aliphatic rings. The molecule has 0 aromatic heterocycles. The van der Waals surface area contributed by atoms with E-state index in [-0.39, 0.29) is 0 Å². The van der Waals surface area contributed by atoms with Gasteiger partial charge >= 0.3 is 101 Å². The molecule has 1 aromatic carbocycles. The van der Waals surface area contributed by atoms with Gasteiger partial charge in [0.1, 0.15) is 0 Å². The molecule has 1 heterocycles. The first kappa shape index (κ1) is 12.2. The van der Waals surface area contributed by atoms with Crippen LogP contribution >= 0.6 is 19.8 Å². The van der Waals surface area contributed by atoms with Crippen molar-refractivity contribution in [3.63, 3.8) is 0 Å². The van der Waals surface area contributed by atoms with Gasteiger partial charge in [0, 0.05) is 0 Å². The first-order chi connectivity index (χ1) is 7.48. The maximum absolute atomic E-state index is 12.5. The number of halogens is 4. The molecular formula is C12H14F3I. The third-order valence-electron chi connectivity index (χ3n) is 2.75. The summed E-state index contributed by atoms with van der Waals surface area (Å²) in [5, 5.41) is 0. The summed E-state index contributed by atoms with van der Waals surface area (Å²) in [7, 11) is 0. The van der Waals surface area contributed by atoms with Crippen LogP contribution in [-0.2, 0) is 6.18 Å². The Bertz CT molecular complexity index is 378. The molecule has 0 N–H and O–H groups in total. The molecule has 0 atom stereocenters. The normalized spacial score (nSPS) is 19.1. The van der Waals surface area contributed by atoms with Crippen LogP contribution in [0.1, 0.15) is 24.0 Å². The molecule has 4 heteroatoms. The van der Waals surface area contributed by atoms with Crippen molar-refractivity contribution in [2.24, 2.45) is 0 Å². The second-order valence-electron chi connectivity index (χ2n) is 4.00. The molecule has 0 saturated carbocycles. The predicted molar refractivity (Wildman–Crippen MR) is 67.9 cm³/mol. The van der Waals surface area contributed by atoms with Gasteiger partial charge in [0.2, 0.25) is 0 Å². The average Bonchev–Trinajstić information content (AvgIpc) is 2.69. The van der Waals surface area contributed by atoms with Crippen molar-refractivity contribution < 1.29 is 13.2 Å². The van der Waals surface area contributed by atoms with Gasteiger partial charge in [0.15, 0.2) is 0 Å². The zero-order valence-corrected chi connectivity index (χ0v) is 11.2. The predicted octanol–water partition coefficient (Wildman–Crippen LogP) is 4.48. The van der Waals surface area contributed by atoms with Gasteiger partial charge in [0.05, 0.1) is 0 Å². The molecule has 0 amide bonds. The first-order valence-electron chi connectivity index (χ1n) is 5.28. The average molecular weight is 342 g/mol. The molecule has 2 rings (SSSR count). The molecule has 1 saturated heterocycles.